The minimum atomic E-state index is -0.996. The van der Waals surface area contributed by atoms with E-state index in [1.165, 1.54) is 31.3 Å². The van der Waals surface area contributed by atoms with Gasteiger partial charge in [-0.05, 0) is 93.0 Å². The maximum Gasteiger partial charge on any atom is 0.344 e. The number of carbonyl (C=O) groups is 2. The Labute approximate surface area is 167 Å². The number of carboxylic acid groups (broad SMARTS) is 1. The van der Waals surface area contributed by atoms with Gasteiger partial charge in [0.15, 0.2) is 0 Å². The van der Waals surface area contributed by atoms with E-state index in [4.69, 9.17) is 9.94 Å². The molecule has 4 aliphatic carbocycles. The van der Waals surface area contributed by atoms with Crippen LogP contribution in [0.5, 0.6) is 0 Å². The number of allylic oxidation sites excluding steroid dienone is 2. The zero-order valence-electron chi connectivity index (χ0n) is 17.4. The van der Waals surface area contributed by atoms with Gasteiger partial charge in [-0.3, -0.25) is 4.79 Å². The van der Waals surface area contributed by atoms with Crippen LogP contribution in [0.1, 0.15) is 72.1 Å². The highest BCUT2D eigenvalue weighted by Crippen LogP contribution is 2.66. The number of oxime groups is 1. The largest absolute Gasteiger partial charge is 0.479 e. The Balaban J connectivity index is 1.55. The summed E-state index contributed by atoms with van der Waals surface area (Å²) in [7, 11) is 0. The van der Waals surface area contributed by atoms with Gasteiger partial charge in [0.25, 0.3) is 0 Å². The van der Waals surface area contributed by atoms with Crippen LogP contribution >= 0.6 is 0 Å². The number of carboxylic acids is 1. The number of ketones is 1. The summed E-state index contributed by atoms with van der Waals surface area (Å²) in [4.78, 5) is 27.8. The molecule has 6 atom stereocenters. The van der Waals surface area contributed by atoms with Crippen LogP contribution in [0.2, 0.25) is 0 Å². The molecule has 0 bridgehead atoms. The van der Waals surface area contributed by atoms with E-state index in [-0.39, 0.29) is 23.4 Å². The fourth-order valence-electron chi connectivity index (χ4n) is 7.48. The Kier molecular flexibility index (Phi) is 4.91. The van der Waals surface area contributed by atoms with E-state index in [2.05, 4.69) is 25.1 Å². The van der Waals surface area contributed by atoms with Crippen molar-refractivity contribution in [2.24, 2.45) is 39.7 Å². The van der Waals surface area contributed by atoms with Gasteiger partial charge >= 0.3 is 5.97 Å². The lowest BCUT2D eigenvalue weighted by Gasteiger charge is -2.58. The fraction of sp³-hybridized carbons (Fsp3) is 0.783. The summed E-state index contributed by atoms with van der Waals surface area (Å²) >= 11 is 0. The molecule has 4 rings (SSSR count). The molecule has 0 aliphatic heterocycles. The molecule has 0 spiro atoms. The summed E-state index contributed by atoms with van der Waals surface area (Å²) in [5, 5.41) is 12.8. The van der Waals surface area contributed by atoms with Crippen LogP contribution in [0.25, 0.3) is 0 Å². The summed E-state index contributed by atoms with van der Waals surface area (Å²) in [6.07, 6.45) is 11.1. The molecular formula is C23H33NO4. The molecule has 0 heterocycles. The lowest BCUT2D eigenvalue weighted by Crippen LogP contribution is -2.51. The van der Waals surface area contributed by atoms with Crippen molar-refractivity contribution in [2.45, 2.75) is 72.1 Å². The van der Waals surface area contributed by atoms with Gasteiger partial charge in [-0.1, -0.05) is 24.6 Å². The van der Waals surface area contributed by atoms with Crippen molar-refractivity contribution < 1.29 is 19.5 Å². The lowest BCUT2D eigenvalue weighted by atomic mass is 9.46. The molecule has 0 amide bonds. The van der Waals surface area contributed by atoms with Gasteiger partial charge in [-0.25, -0.2) is 4.79 Å². The third kappa shape index (κ3) is 3.02. The maximum atomic E-state index is 12.3. The average molecular weight is 388 g/mol. The van der Waals surface area contributed by atoms with Crippen LogP contribution in [0.15, 0.2) is 16.8 Å². The standard InChI is InChI=1S/C23H33NO4/c1-14(25)18-6-7-19-17-5-4-15-12-16(24-28-13-21(26)27)8-10-22(15,2)20(17)9-11-23(18,19)3/h12,17-20H,4-11,13H2,1-3H3,(H,26,27). The molecule has 0 saturated heterocycles. The zero-order chi connectivity index (χ0) is 20.1. The Morgan fingerprint density at radius 1 is 1.14 bits per heavy atom. The second-order valence-electron chi connectivity index (χ2n) is 10.0. The molecule has 0 aromatic heterocycles. The quantitative estimate of drug-likeness (QED) is 0.715. The van der Waals surface area contributed by atoms with Gasteiger partial charge in [0, 0.05) is 5.92 Å². The number of aliphatic carboxylic acids is 1. The first-order chi connectivity index (χ1) is 13.3. The molecule has 5 heteroatoms. The van der Waals surface area contributed by atoms with E-state index in [0.717, 1.165) is 37.3 Å². The van der Waals surface area contributed by atoms with Crippen LogP contribution in [-0.4, -0.2) is 29.2 Å². The highest BCUT2D eigenvalue weighted by Gasteiger charge is 2.59. The van der Waals surface area contributed by atoms with E-state index in [1.807, 2.05) is 0 Å². The zero-order valence-corrected chi connectivity index (χ0v) is 17.4. The Bertz CT molecular complexity index is 741. The molecule has 3 saturated carbocycles. The van der Waals surface area contributed by atoms with E-state index in [9.17, 15) is 9.59 Å². The van der Waals surface area contributed by atoms with Crippen molar-refractivity contribution in [3.05, 3.63) is 11.6 Å². The summed E-state index contributed by atoms with van der Waals surface area (Å²) in [5.41, 5.74) is 2.77. The topological polar surface area (TPSA) is 76.0 Å². The maximum absolute atomic E-state index is 12.3. The van der Waals surface area contributed by atoms with Gasteiger partial charge in [-0.2, -0.15) is 0 Å². The normalized spacial score (nSPS) is 43.5. The van der Waals surface area contributed by atoms with Gasteiger partial charge in [0.05, 0.1) is 5.71 Å². The molecular weight excluding hydrogens is 354 g/mol. The van der Waals surface area contributed by atoms with Gasteiger partial charge in [0.2, 0.25) is 6.61 Å². The summed E-state index contributed by atoms with van der Waals surface area (Å²) in [5.74, 6) is 1.77. The van der Waals surface area contributed by atoms with Crippen molar-refractivity contribution in [1.29, 1.82) is 0 Å². The molecule has 5 nitrogen and oxygen atoms in total. The highest BCUT2D eigenvalue weighted by atomic mass is 16.6. The van der Waals surface area contributed by atoms with Crippen LogP contribution in [-0.2, 0) is 14.4 Å². The van der Waals surface area contributed by atoms with Crippen LogP contribution in [0.3, 0.4) is 0 Å². The molecule has 4 aliphatic rings. The van der Waals surface area contributed by atoms with Crippen LogP contribution < -0.4 is 0 Å². The molecule has 6 unspecified atom stereocenters. The molecule has 154 valence electrons. The van der Waals surface area contributed by atoms with Crippen LogP contribution in [0.4, 0.5) is 0 Å². The Morgan fingerprint density at radius 2 is 1.93 bits per heavy atom. The summed E-state index contributed by atoms with van der Waals surface area (Å²) < 4.78 is 0. The van der Waals surface area contributed by atoms with Crippen molar-refractivity contribution in [3.63, 3.8) is 0 Å². The first-order valence-corrected chi connectivity index (χ1v) is 10.9. The van der Waals surface area contributed by atoms with E-state index in [1.54, 1.807) is 6.92 Å². The SMILES string of the molecule is CC(=O)C1CCC2C3CCC4=CC(=NOCC(=O)O)CCC4(C)C3CCC12C. The molecule has 1 N–H and O–H groups in total. The second kappa shape index (κ2) is 7.00. The van der Waals surface area contributed by atoms with E-state index < -0.39 is 5.97 Å². The van der Waals surface area contributed by atoms with Crippen molar-refractivity contribution in [3.8, 4) is 0 Å². The molecule has 0 radical (unpaired) electrons. The van der Waals surface area contributed by atoms with Crippen molar-refractivity contribution in [1.82, 2.24) is 0 Å². The number of rotatable bonds is 4. The van der Waals surface area contributed by atoms with Crippen LogP contribution in [0, 0.1) is 34.5 Å². The first kappa shape index (κ1) is 19.7. The lowest BCUT2D eigenvalue weighted by molar-refractivity contribution is -0.142. The summed E-state index contributed by atoms with van der Waals surface area (Å²) in [6.45, 7) is 6.24. The molecule has 3 fully saturated rings. The number of nitrogens with zero attached hydrogens (tertiary/aromatic N) is 1. The fourth-order valence-corrected chi connectivity index (χ4v) is 7.48. The number of hydrogen-bond acceptors (Lipinski definition) is 4. The highest BCUT2D eigenvalue weighted by molar-refractivity contribution is 5.96. The van der Waals surface area contributed by atoms with Gasteiger partial charge < -0.3 is 9.94 Å². The predicted molar refractivity (Wildman–Crippen MR) is 107 cm³/mol. The van der Waals surface area contributed by atoms with Gasteiger partial charge in [0.1, 0.15) is 5.78 Å². The number of Topliss-reactive ketones (excluding diaryl/α,β-unsaturated/α-hetero) is 1. The van der Waals surface area contributed by atoms with Crippen molar-refractivity contribution in [2.75, 3.05) is 6.61 Å². The smallest absolute Gasteiger partial charge is 0.344 e. The first-order valence-electron chi connectivity index (χ1n) is 10.9. The molecule has 28 heavy (non-hydrogen) atoms. The number of fused-ring (bicyclic) bond motifs is 5. The Hall–Kier alpha value is -1.65. The molecule has 0 aromatic carbocycles. The summed E-state index contributed by atoms with van der Waals surface area (Å²) in [6, 6.07) is 0. The molecule has 0 aromatic rings. The monoisotopic (exact) mass is 387 g/mol. The number of carbonyl (C=O) groups excluding carboxylic acids is 1. The van der Waals surface area contributed by atoms with Crippen molar-refractivity contribution >= 4 is 17.5 Å². The van der Waals surface area contributed by atoms with E-state index in [0.29, 0.717) is 17.6 Å². The minimum absolute atomic E-state index is 0.205. The Morgan fingerprint density at radius 3 is 2.64 bits per heavy atom. The predicted octanol–water partition coefficient (Wildman–Crippen LogP) is 4.61. The van der Waals surface area contributed by atoms with Gasteiger partial charge in [-0.15, -0.1) is 0 Å². The minimum Gasteiger partial charge on any atom is -0.479 e. The van der Waals surface area contributed by atoms with E-state index >= 15 is 0 Å². The second-order valence-corrected chi connectivity index (χ2v) is 10.0. The number of hydrogen-bond donors (Lipinski definition) is 1. The third-order valence-electron chi connectivity index (χ3n) is 8.84. The average Bonchev–Trinajstić information content (AvgIpc) is 2.99. The third-order valence-corrected chi connectivity index (χ3v) is 8.84.